The molecule has 1 aliphatic rings. The van der Waals surface area contributed by atoms with Gasteiger partial charge in [-0.1, -0.05) is 31.5 Å². The van der Waals surface area contributed by atoms with E-state index < -0.39 is 0 Å². The Hall–Kier alpha value is -2.14. The van der Waals surface area contributed by atoms with Gasteiger partial charge in [0.2, 0.25) is 11.8 Å². The first-order valence-electron chi connectivity index (χ1n) is 9.69. The van der Waals surface area contributed by atoms with Crippen molar-refractivity contribution in [2.24, 2.45) is 5.92 Å². The number of unbranched alkanes of at least 4 members (excludes halogenated alkanes) is 1. The second-order valence-corrected chi connectivity index (χ2v) is 7.21. The molecule has 1 amide bonds. The Morgan fingerprint density at radius 1 is 1.31 bits per heavy atom. The smallest absolute Gasteiger partial charge is 0.226 e. The van der Waals surface area contributed by atoms with Gasteiger partial charge < -0.3 is 9.73 Å². The molecule has 5 heteroatoms. The Bertz CT molecular complexity index is 698. The van der Waals surface area contributed by atoms with Crippen LogP contribution in [-0.2, 0) is 11.3 Å². The summed E-state index contributed by atoms with van der Waals surface area (Å²) in [5.41, 5.74) is 1.90. The second kappa shape index (κ2) is 8.99. The van der Waals surface area contributed by atoms with Crippen LogP contribution in [0.5, 0.6) is 0 Å². The van der Waals surface area contributed by atoms with E-state index in [2.05, 4.69) is 29.0 Å². The van der Waals surface area contributed by atoms with Crippen molar-refractivity contribution in [1.82, 2.24) is 15.2 Å². The molecule has 140 valence electrons. The van der Waals surface area contributed by atoms with Gasteiger partial charge in [0, 0.05) is 31.2 Å². The minimum Gasteiger partial charge on any atom is -0.444 e. The van der Waals surface area contributed by atoms with Crippen molar-refractivity contribution in [2.45, 2.75) is 52.1 Å². The molecule has 1 aromatic heterocycles. The lowest BCUT2D eigenvalue weighted by molar-refractivity contribution is -0.127. The van der Waals surface area contributed by atoms with Crippen molar-refractivity contribution >= 4 is 5.91 Å². The SMILES string of the molecule is CCCCNC(=O)C1CCC(C)N(Cc2coc(-c3ccccc3)n2)C1. The molecule has 0 bridgehead atoms. The summed E-state index contributed by atoms with van der Waals surface area (Å²) in [6.07, 6.45) is 5.88. The number of oxazole rings is 1. The van der Waals surface area contributed by atoms with Crippen LogP contribution in [0.15, 0.2) is 41.0 Å². The number of hydrogen-bond acceptors (Lipinski definition) is 4. The van der Waals surface area contributed by atoms with Crippen LogP contribution in [-0.4, -0.2) is 34.9 Å². The maximum absolute atomic E-state index is 12.4. The lowest BCUT2D eigenvalue weighted by atomic mass is 9.92. The molecule has 2 unspecified atom stereocenters. The van der Waals surface area contributed by atoms with Gasteiger partial charge in [-0.05, 0) is 38.3 Å². The van der Waals surface area contributed by atoms with Crippen LogP contribution in [0.4, 0.5) is 0 Å². The number of hydrogen-bond donors (Lipinski definition) is 1. The van der Waals surface area contributed by atoms with E-state index in [-0.39, 0.29) is 11.8 Å². The highest BCUT2D eigenvalue weighted by Gasteiger charge is 2.30. The number of nitrogens with zero attached hydrogens (tertiary/aromatic N) is 2. The molecular formula is C21H29N3O2. The highest BCUT2D eigenvalue weighted by atomic mass is 16.3. The fourth-order valence-corrected chi connectivity index (χ4v) is 3.45. The molecule has 1 fully saturated rings. The van der Waals surface area contributed by atoms with E-state index in [1.54, 1.807) is 6.26 Å². The van der Waals surface area contributed by atoms with Gasteiger partial charge in [0.15, 0.2) is 0 Å². The van der Waals surface area contributed by atoms with Crippen LogP contribution in [0, 0.1) is 5.92 Å². The van der Waals surface area contributed by atoms with Crippen molar-refractivity contribution in [1.29, 1.82) is 0 Å². The fourth-order valence-electron chi connectivity index (χ4n) is 3.45. The Morgan fingerprint density at radius 3 is 2.88 bits per heavy atom. The summed E-state index contributed by atoms with van der Waals surface area (Å²) in [4.78, 5) is 19.4. The zero-order valence-corrected chi connectivity index (χ0v) is 15.8. The fraction of sp³-hybridized carbons (Fsp3) is 0.524. The maximum Gasteiger partial charge on any atom is 0.226 e. The van der Waals surface area contributed by atoms with Gasteiger partial charge in [0.05, 0.1) is 11.6 Å². The molecule has 2 heterocycles. The van der Waals surface area contributed by atoms with Crippen LogP contribution in [0.3, 0.4) is 0 Å². The number of piperidine rings is 1. The summed E-state index contributed by atoms with van der Waals surface area (Å²) >= 11 is 0. The summed E-state index contributed by atoms with van der Waals surface area (Å²) in [7, 11) is 0. The van der Waals surface area contributed by atoms with Crippen molar-refractivity contribution < 1.29 is 9.21 Å². The number of carbonyl (C=O) groups excluding carboxylic acids is 1. The Labute approximate surface area is 155 Å². The minimum atomic E-state index is 0.0727. The summed E-state index contributed by atoms with van der Waals surface area (Å²) < 4.78 is 5.65. The molecule has 0 radical (unpaired) electrons. The third-order valence-corrected chi connectivity index (χ3v) is 5.15. The monoisotopic (exact) mass is 355 g/mol. The van der Waals surface area contributed by atoms with Gasteiger partial charge in [-0.3, -0.25) is 9.69 Å². The van der Waals surface area contributed by atoms with E-state index in [9.17, 15) is 4.79 Å². The second-order valence-electron chi connectivity index (χ2n) is 7.21. The lowest BCUT2D eigenvalue weighted by Crippen LogP contribution is -2.46. The molecule has 1 aromatic carbocycles. The molecule has 0 spiro atoms. The first-order chi connectivity index (χ1) is 12.7. The largest absolute Gasteiger partial charge is 0.444 e. The number of amides is 1. The highest BCUT2D eigenvalue weighted by molar-refractivity contribution is 5.78. The standard InChI is InChI=1S/C21H29N3O2/c1-3-4-12-22-20(25)18-11-10-16(2)24(13-18)14-19-15-26-21(23-19)17-8-6-5-7-9-17/h5-9,15-16,18H,3-4,10-14H2,1-2H3,(H,22,25). The normalized spacial score (nSPS) is 20.8. The minimum absolute atomic E-state index is 0.0727. The molecule has 1 aliphatic heterocycles. The van der Waals surface area contributed by atoms with Crippen LogP contribution < -0.4 is 5.32 Å². The summed E-state index contributed by atoms with van der Waals surface area (Å²) in [5, 5.41) is 3.08. The van der Waals surface area contributed by atoms with E-state index >= 15 is 0 Å². The van der Waals surface area contributed by atoms with E-state index in [0.29, 0.717) is 11.9 Å². The summed E-state index contributed by atoms with van der Waals surface area (Å²) in [6, 6.07) is 10.4. The number of rotatable bonds is 7. The first kappa shape index (κ1) is 18.6. The van der Waals surface area contributed by atoms with Crippen LogP contribution >= 0.6 is 0 Å². The molecule has 2 atom stereocenters. The predicted molar refractivity (Wildman–Crippen MR) is 102 cm³/mol. The van der Waals surface area contributed by atoms with E-state index in [1.807, 2.05) is 30.3 Å². The molecule has 0 aliphatic carbocycles. The van der Waals surface area contributed by atoms with E-state index in [1.165, 1.54) is 0 Å². The molecular weight excluding hydrogens is 326 g/mol. The Balaban J connectivity index is 1.59. The molecule has 2 aromatic rings. The number of likely N-dealkylation sites (tertiary alicyclic amines) is 1. The Kier molecular flexibility index (Phi) is 6.45. The summed E-state index contributed by atoms with van der Waals surface area (Å²) in [5.74, 6) is 0.920. The third kappa shape index (κ3) is 4.73. The van der Waals surface area contributed by atoms with Crippen LogP contribution in [0.25, 0.3) is 11.5 Å². The maximum atomic E-state index is 12.4. The van der Waals surface area contributed by atoms with Gasteiger partial charge in [-0.25, -0.2) is 4.98 Å². The van der Waals surface area contributed by atoms with Gasteiger partial charge >= 0.3 is 0 Å². The highest BCUT2D eigenvalue weighted by Crippen LogP contribution is 2.25. The van der Waals surface area contributed by atoms with Gasteiger partial charge in [0.1, 0.15) is 6.26 Å². The molecule has 5 nitrogen and oxygen atoms in total. The molecule has 3 rings (SSSR count). The zero-order valence-electron chi connectivity index (χ0n) is 15.8. The van der Waals surface area contributed by atoms with E-state index in [4.69, 9.17) is 4.42 Å². The first-order valence-corrected chi connectivity index (χ1v) is 9.69. The summed E-state index contributed by atoms with van der Waals surface area (Å²) in [6.45, 7) is 6.65. The van der Waals surface area contributed by atoms with Gasteiger partial charge in [-0.15, -0.1) is 0 Å². The number of nitrogens with one attached hydrogen (secondary N) is 1. The molecule has 1 N–H and O–H groups in total. The van der Waals surface area contributed by atoms with Crippen molar-refractivity contribution in [3.63, 3.8) is 0 Å². The van der Waals surface area contributed by atoms with Gasteiger partial charge in [-0.2, -0.15) is 0 Å². The van der Waals surface area contributed by atoms with Gasteiger partial charge in [0.25, 0.3) is 0 Å². The number of aromatic nitrogens is 1. The van der Waals surface area contributed by atoms with E-state index in [0.717, 1.165) is 56.6 Å². The number of benzene rings is 1. The topological polar surface area (TPSA) is 58.4 Å². The Morgan fingerprint density at radius 2 is 2.12 bits per heavy atom. The lowest BCUT2D eigenvalue weighted by Gasteiger charge is -2.36. The number of carbonyl (C=O) groups is 1. The molecule has 1 saturated heterocycles. The quantitative estimate of drug-likeness (QED) is 0.766. The molecule has 0 saturated carbocycles. The molecule has 26 heavy (non-hydrogen) atoms. The van der Waals surface area contributed by atoms with Crippen LogP contribution in [0.2, 0.25) is 0 Å². The van der Waals surface area contributed by atoms with Crippen molar-refractivity contribution in [2.75, 3.05) is 13.1 Å². The van der Waals surface area contributed by atoms with Crippen molar-refractivity contribution in [3.05, 3.63) is 42.3 Å². The van der Waals surface area contributed by atoms with Crippen LogP contribution in [0.1, 0.15) is 45.2 Å². The zero-order chi connectivity index (χ0) is 18.4. The predicted octanol–water partition coefficient (Wildman–Crippen LogP) is 3.86. The van der Waals surface area contributed by atoms with Crippen molar-refractivity contribution in [3.8, 4) is 11.5 Å². The third-order valence-electron chi connectivity index (χ3n) is 5.15. The average Bonchev–Trinajstić information content (AvgIpc) is 3.13. The average molecular weight is 355 g/mol.